The van der Waals surface area contributed by atoms with E-state index in [1.54, 1.807) is 0 Å². The van der Waals surface area contributed by atoms with Crippen molar-refractivity contribution >= 4 is 5.91 Å². The lowest BCUT2D eigenvalue weighted by molar-refractivity contribution is -0.130. The Bertz CT molecular complexity index is 228. The quantitative estimate of drug-likeness (QED) is 0.705. The van der Waals surface area contributed by atoms with Crippen LogP contribution in [-0.4, -0.2) is 29.6 Å². The third-order valence-electron chi connectivity index (χ3n) is 3.36. The van der Waals surface area contributed by atoms with E-state index in [1.165, 1.54) is 19.3 Å². The highest BCUT2D eigenvalue weighted by Gasteiger charge is 2.37. The van der Waals surface area contributed by atoms with Crippen LogP contribution in [0.1, 0.15) is 53.4 Å². The zero-order chi connectivity index (χ0) is 12.1. The minimum Gasteiger partial charge on any atom is -0.326 e. The molecule has 0 bridgehead atoms. The average Bonchev–Trinajstić information content (AvgIpc) is 2.51. The molecule has 1 heterocycles. The van der Waals surface area contributed by atoms with Crippen LogP contribution in [0.3, 0.4) is 0 Å². The summed E-state index contributed by atoms with van der Waals surface area (Å²) in [7, 11) is 0. The molecule has 1 saturated heterocycles. The van der Waals surface area contributed by atoms with E-state index in [0.717, 1.165) is 13.0 Å². The Morgan fingerprint density at radius 1 is 1.31 bits per heavy atom. The van der Waals surface area contributed by atoms with Crippen molar-refractivity contribution in [2.75, 3.05) is 6.54 Å². The van der Waals surface area contributed by atoms with Gasteiger partial charge in [0.2, 0.25) is 5.91 Å². The van der Waals surface area contributed by atoms with Crippen molar-refractivity contribution in [2.45, 2.75) is 65.6 Å². The number of amides is 1. The Labute approximate surface area is 99.6 Å². The van der Waals surface area contributed by atoms with E-state index in [0.29, 0.717) is 11.8 Å². The largest absolute Gasteiger partial charge is 0.326 e. The summed E-state index contributed by atoms with van der Waals surface area (Å²) in [6, 6.07) is 0.0289. The maximum absolute atomic E-state index is 12.1. The number of rotatable bonds is 6. The fourth-order valence-electron chi connectivity index (χ4n) is 2.28. The molecule has 0 aliphatic carbocycles. The molecule has 0 saturated carbocycles. The van der Waals surface area contributed by atoms with E-state index in [9.17, 15) is 4.79 Å². The van der Waals surface area contributed by atoms with Crippen LogP contribution >= 0.6 is 0 Å². The highest BCUT2D eigenvalue weighted by molar-refractivity contribution is 5.84. The van der Waals surface area contributed by atoms with Crippen LogP contribution in [0.5, 0.6) is 0 Å². The Morgan fingerprint density at radius 3 is 2.50 bits per heavy atom. The lowest BCUT2D eigenvalue weighted by Gasteiger charge is -2.20. The molecule has 3 heteroatoms. The molecule has 3 nitrogen and oxygen atoms in total. The zero-order valence-corrected chi connectivity index (χ0v) is 11.1. The number of carbonyl (C=O) groups excluding carboxylic acids is 1. The Morgan fingerprint density at radius 2 is 2.00 bits per heavy atom. The summed E-state index contributed by atoms with van der Waals surface area (Å²) in [6.07, 6.45) is 5.10. The Kier molecular flexibility index (Phi) is 5.26. The number of nitrogens with zero attached hydrogens (tertiary/aromatic N) is 1. The van der Waals surface area contributed by atoms with Gasteiger partial charge in [0, 0.05) is 6.54 Å². The summed E-state index contributed by atoms with van der Waals surface area (Å²) in [4.78, 5) is 14.1. The molecule has 1 amide bonds. The van der Waals surface area contributed by atoms with Crippen LogP contribution in [0.4, 0.5) is 0 Å². The van der Waals surface area contributed by atoms with Crippen LogP contribution in [0, 0.1) is 5.92 Å². The third kappa shape index (κ3) is 3.21. The minimum absolute atomic E-state index is 0.0289. The summed E-state index contributed by atoms with van der Waals surface area (Å²) in [5.41, 5.74) is 0. The average molecular weight is 226 g/mol. The lowest BCUT2D eigenvalue weighted by atomic mass is 10.1. The first-order valence-corrected chi connectivity index (χ1v) is 6.64. The van der Waals surface area contributed by atoms with Gasteiger partial charge in [-0.15, -0.1) is 0 Å². The normalized spacial score (nSPS) is 25.8. The SMILES string of the molecule is CCCCCCN1C(=O)C(C(C)C)NC1C. The van der Waals surface area contributed by atoms with Gasteiger partial charge in [0.15, 0.2) is 0 Å². The van der Waals surface area contributed by atoms with Crippen LogP contribution in [0.2, 0.25) is 0 Å². The molecule has 0 spiro atoms. The van der Waals surface area contributed by atoms with Gasteiger partial charge in [0.25, 0.3) is 0 Å². The molecule has 1 N–H and O–H groups in total. The number of unbranched alkanes of at least 4 members (excludes halogenated alkanes) is 3. The van der Waals surface area contributed by atoms with Crippen LogP contribution in [0.25, 0.3) is 0 Å². The Balaban J connectivity index is 2.39. The van der Waals surface area contributed by atoms with Gasteiger partial charge in [-0.05, 0) is 19.3 Å². The highest BCUT2D eigenvalue weighted by atomic mass is 16.2. The summed E-state index contributed by atoms with van der Waals surface area (Å²) >= 11 is 0. The van der Waals surface area contributed by atoms with E-state index in [-0.39, 0.29) is 12.2 Å². The van der Waals surface area contributed by atoms with Crippen molar-refractivity contribution in [1.82, 2.24) is 10.2 Å². The summed E-state index contributed by atoms with van der Waals surface area (Å²) in [5, 5.41) is 3.37. The van der Waals surface area contributed by atoms with Gasteiger partial charge in [-0.1, -0.05) is 40.0 Å². The molecule has 1 aliphatic heterocycles. The van der Waals surface area contributed by atoms with Gasteiger partial charge >= 0.3 is 0 Å². The first-order chi connectivity index (χ1) is 7.57. The van der Waals surface area contributed by atoms with E-state index in [4.69, 9.17) is 0 Å². The van der Waals surface area contributed by atoms with E-state index in [2.05, 4.69) is 33.0 Å². The lowest BCUT2D eigenvalue weighted by Crippen LogP contribution is -2.35. The molecule has 94 valence electrons. The third-order valence-corrected chi connectivity index (χ3v) is 3.36. The van der Waals surface area contributed by atoms with Crippen molar-refractivity contribution in [3.8, 4) is 0 Å². The first kappa shape index (κ1) is 13.5. The molecule has 2 unspecified atom stereocenters. The number of carbonyl (C=O) groups is 1. The van der Waals surface area contributed by atoms with Gasteiger partial charge in [0.1, 0.15) is 0 Å². The molecule has 1 aliphatic rings. The van der Waals surface area contributed by atoms with Crippen molar-refractivity contribution < 1.29 is 4.79 Å². The second-order valence-electron chi connectivity index (χ2n) is 5.16. The monoisotopic (exact) mass is 226 g/mol. The smallest absolute Gasteiger partial charge is 0.241 e. The molecule has 1 fully saturated rings. The molecule has 0 aromatic heterocycles. The van der Waals surface area contributed by atoms with Crippen molar-refractivity contribution in [1.29, 1.82) is 0 Å². The van der Waals surface area contributed by atoms with Crippen molar-refractivity contribution in [3.63, 3.8) is 0 Å². The fraction of sp³-hybridized carbons (Fsp3) is 0.923. The molecule has 1 rings (SSSR count). The van der Waals surface area contributed by atoms with Crippen LogP contribution < -0.4 is 5.32 Å². The predicted octanol–water partition coefficient (Wildman–Crippen LogP) is 2.37. The summed E-state index contributed by atoms with van der Waals surface area (Å²) < 4.78 is 0. The van der Waals surface area contributed by atoms with Gasteiger partial charge in [0.05, 0.1) is 12.2 Å². The molecular formula is C13H26N2O. The maximum Gasteiger partial charge on any atom is 0.241 e. The van der Waals surface area contributed by atoms with Gasteiger partial charge in [-0.3, -0.25) is 10.1 Å². The molecular weight excluding hydrogens is 200 g/mol. The zero-order valence-electron chi connectivity index (χ0n) is 11.1. The number of hydrogen-bond donors (Lipinski definition) is 1. The fourth-order valence-corrected chi connectivity index (χ4v) is 2.28. The minimum atomic E-state index is 0.0289. The van der Waals surface area contributed by atoms with Crippen molar-refractivity contribution in [3.05, 3.63) is 0 Å². The van der Waals surface area contributed by atoms with Crippen LogP contribution in [0.15, 0.2) is 0 Å². The Hall–Kier alpha value is -0.570. The van der Waals surface area contributed by atoms with E-state index in [1.807, 2.05) is 4.90 Å². The number of nitrogens with one attached hydrogen (secondary N) is 1. The van der Waals surface area contributed by atoms with E-state index < -0.39 is 0 Å². The highest BCUT2D eigenvalue weighted by Crippen LogP contribution is 2.17. The van der Waals surface area contributed by atoms with E-state index >= 15 is 0 Å². The topological polar surface area (TPSA) is 32.3 Å². The van der Waals surface area contributed by atoms with Gasteiger partial charge < -0.3 is 4.90 Å². The van der Waals surface area contributed by atoms with Gasteiger partial charge in [-0.25, -0.2) is 0 Å². The standard InChI is InChI=1S/C13H26N2O/c1-5-6-7-8-9-15-11(4)14-12(10(2)3)13(15)16/h10-12,14H,5-9H2,1-4H3. The first-order valence-electron chi connectivity index (χ1n) is 6.64. The predicted molar refractivity (Wildman–Crippen MR) is 67.1 cm³/mol. The van der Waals surface area contributed by atoms with Gasteiger partial charge in [-0.2, -0.15) is 0 Å². The maximum atomic E-state index is 12.1. The van der Waals surface area contributed by atoms with Crippen LogP contribution in [-0.2, 0) is 4.79 Å². The molecule has 2 atom stereocenters. The molecule has 0 radical (unpaired) electrons. The number of hydrogen-bond acceptors (Lipinski definition) is 2. The molecule has 0 aromatic rings. The second kappa shape index (κ2) is 6.24. The molecule has 0 aromatic carbocycles. The second-order valence-corrected chi connectivity index (χ2v) is 5.16. The molecule has 16 heavy (non-hydrogen) atoms. The van der Waals surface area contributed by atoms with Crippen molar-refractivity contribution in [2.24, 2.45) is 5.92 Å². The summed E-state index contributed by atoms with van der Waals surface area (Å²) in [6.45, 7) is 9.40. The summed E-state index contributed by atoms with van der Waals surface area (Å²) in [5.74, 6) is 0.676.